The Kier molecular flexibility index (Phi) is 40.6. The largest absolute Gasteiger partial charge is 0.462 e. The van der Waals surface area contributed by atoms with Gasteiger partial charge in [-0.1, -0.05) is 164 Å². The first-order valence-corrected chi connectivity index (χ1v) is 21.5. The molecule has 0 fully saturated rings. The van der Waals surface area contributed by atoms with Crippen LogP contribution in [0.2, 0.25) is 0 Å². The molecule has 0 saturated carbocycles. The topological polar surface area (TPSA) is 61.8 Å². The summed E-state index contributed by atoms with van der Waals surface area (Å²) in [7, 11) is 0. The van der Waals surface area contributed by atoms with E-state index in [9.17, 15) is 9.59 Å². The normalized spacial score (nSPS) is 12.9. The van der Waals surface area contributed by atoms with Gasteiger partial charge in [-0.3, -0.25) is 9.59 Å². The molecule has 0 radical (unpaired) electrons. The second kappa shape index (κ2) is 42.8. The minimum absolute atomic E-state index is 0.0628. The number of rotatable bonds is 38. The van der Waals surface area contributed by atoms with E-state index in [2.05, 4.69) is 93.7 Å². The molecule has 52 heavy (non-hydrogen) atoms. The summed E-state index contributed by atoms with van der Waals surface area (Å²) >= 11 is 0. The van der Waals surface area contributed by atoms with Gasteiger partial charge >= 0.3 is 11.9 Å². The minimum Gasteiger partial charge on any atom is -0.462 e. The molecular weight excluding hydrogens is 645 g/mol. The summed E-state index contributed by atoms with van der Waals surface area (Å²) in [6, 6.07) is 0. The molecule has 0 aliphatic carbocycles. The second-order valence-electron chi connectivity index (χ2n) is 13.9. The van der Waals surface area contributed by atoms with E-state index in [1.807, 2.05) is 0 Å². The summed E-state index contributed by atoms with van der Waals surface area (Å²) in [5.41, 5.74) is 0. The van der Waals surface area contributed by atoms with Crippen LogP contribution in [0.3, 0.4) is 0 Å². The quantitative estimate of drug-likeness (QED) is 0.0360. The first-order valence-electron chi connectivity index (χ1n) is 21.5. The molecule has 0 saturated heterocycles. The summed E-state index contributed by atoms with van der Waals surface area (Å²) in [4.78, 5) is 25.0. The third-order valence-corrected chi connectivity index (χ3v) is 8.73. The van der Waals surface area contributed by atoms with Crippen molar-refractivity contribution in [3.05, 3.63) is 72.9 Å². The van der Waals surface area contributed by atoms with E-state index in [4.69, 9.17) is 14.2 Å². The van der Waals surface area contributed by atoms with Crippen LogP contribution in [0, 0.1) is 0 Å². The monoisotopic (exact) mass is 725 g/mol. The molecule has 0 aliphatic heterocycles. The molecule has 0 aromatic heterocycles. The lowest BCUT2D eigenvalue weighted by Gasteiger charge is -2.18. The van der Waals surface area contributed by atoms with Gasteiger partial charge in [0.1, 0.15) is 6.61 Å². The van der Waals surface area contributed by atoms with Crippen molar-refractivity contribution >= 4 is 11.9 Å². The van der Waals surface area contributed by atoms with Crippen LogP contribution in [-0.2, 0) is 23.8 Å². The molecule has 1 unspecified atom stereocenters. The van der Waals surface area contributed by atoms with Crippen LogP contribution in [0.1, 0.15) is 188 Å². The molecule has 5 heteroatoms. The number of hydrogen-bond acceptors (Lipinski definition) is 5. The summed E-state index contributed by atoms with van der Waals surface area (Å²) in [6.45, 7) is 7.54. The molecular formula is C47H80O5. The lowest BCUT2D eigenvalue weighted by molar-refractivity contribution is -0.163. The van der Waals surface area contributed by atoms with E-state index in [0.29, 0.717) is 19.4 Å². The number of ether oxygens (including phenoxy) is 3. The van der Waals surface area contributed by atoms with Gasteiger partial charge in [0, 0.05) is 19.4 Å². The van der Waals surface area contributed by atoms with Gasteiger partial charge in [0.2, 0.25) is 0 Å². The van der Waals surface area contributed by atoms with Crippen molar-refractivity contribution in [2.24, 2.45) is 0 Å². The van der Waals surface area contributed by atoms with Crippen LogP contribution in [0.4, 0.5) is 0 Å². The number of carbonyl (C=O) groups excluding carboxylic acids is 2. The van der Waals surface area contributed by atoms with E-state index in [-0.39, 0.29) is 25.2 Å². The molecule has 5 nitrogen and oxygen atoms in total. The van der Waals surface area contributed by atoms with E-state index < -0.39 is 6.10 Å². The average molecular weight is 725 g/mol. The lowest BCUT2D eigenvalue weighted by atomic mass is 10.1. The Bertz CT molecular complexity index is 957. The molecule has 1 atom stereocenters. The van der Waals surface area contributed by atoms with Gasteiger partial charge in [-0.05, 0) is 83.5 Å². The summed E-state index contributed by atoms with van der Waals surface area (Å²) in [5.74, 6) is -0.455. The second-order valence-corrected chi connectivity index (χ2v) is 13.9. The van der Waals surface area contributed by atoms with E-state index in [1.165, 1.54) is 64.2 Å². The van der Waals surface area contributed by atoms with E-state index in [1.54, 1.807) is 0 Å². The Morgan fingerprint density at radius 1 is 0.442 bits per heavy atom. The Hall–Kier alpha value is -2.66. The van der Waals surface area contributed by atoms with E-state index in [0.717, 1.165) is 89.9 Å². The highest BCUT2D eigenvalue weighted by atomic mass is 16.6. The maximum absolute atomic E-state index is 12.5. The van der Waals surface area contributed by atoms with Gasteiger partial charge in [0.05, 0.1) is 6.61 Å². The van der Waals surface area contributed by atoms with Crippen LogP contribution >= 0.6 is 0 Å². The van der Waals surface area contributed by atoms with Gasteiger partial charge in [0.15, 0.2) is 6.10 Å². The van der Waals surface area contributed by atoms with Crippen molar-refractivity contribution in [3.8, 4) is 0 Å². The maximum Gasteiger partial charge on any atom is 0.306 e. The number of carbonyl (C=O) groups is 2. The van der Waals surface area contributed by atoms with Crippen LogP contribution < -0.4 is 0 Å². The fraction of sp³-hybridized carbons (Fsp3) is 0.702. The minimum atomic E-state index is -0.548. The SMILES string of the molecule is CC/C=C\C/C=C\C/C=C\C/C=C\C/C=C\CCCCCC(=O)OCC(COCCCCCCCC/C=C\CCCC)OC(=O)CCCCCCC. The predicted octanol–water partition coefficient (Wildman–Crippen LogP) is 14.0. The maximum atomic E-state index is 12.5. The van der Waals surface area contributed by atoms with Crippen molar-refractivity contribution in [2.45, 2.75) is 194 Å². The predicted molar refractivity (Wildman–Crippen MR) is 224 cm³/mol. The van der Waals surface area contributed by atoms with Crippen molar-refractivity contribution < 1.29 is 23.8 Å². The number of allylic oxidation sites excluding steroid dienone is 12. The Balaban J connectivity index is 4.15. The Labute approximate surface area is 321 Å². The molecule has 0 bridgehead atoms. The average Bonchev–Trinajstić information content (AvgIpc) is 3.14. The Morgan fingerprint density at radius 3 is 1.48 bits per heavy atom. The summed E-state index contributed by atoms with van der Waals surface area (Å²) in [6.07, 6.45) is 53.5. The molecule has 0 N–H and O–H groups in total. The first-order chi connectivity index (χ1) is 25.6. The zero-order chi connectivity index (χ0) is 37.8. The molecule has 0 spiro atoms. The molecule has 0 heterocycles. The van der Waals surface area contributed by atoms with Crippen LogP contribution in [0.25, 0.3) is 0 Å². The molecule has 0 amide bonds. The Morgan fingerprint density at radius 2 is 0.885 bits per heavy atom. The third kappa shape index (κ3) is 40.1. The summed E-state index contributed by atoms with van der Waals surface area (Å²) < 4.78 is 17.1. The van der Waals surface area contributed by atoms with E-state index >= 15 is 0 Å². The van der Waals surface area contributed by atoms with Crippen molar-refractivity contribution in [3.63, 3.8) is 0 Å². The smallest absolute Gasteiger partial charge is 0.306 e. The zero-order valence-corrected chi connectivity index (χ0v) is 34.1. The van der Waals surface area contributed by atoms with Crippen molar-refractivity contribution in [1.82, 2.24) is 0 Å². The van der Waals surface area contributed by atoms with Crippen LogP contribution in [0.5, 0.6) is 0 Å². The van der Waals surface area contributed by atoms with Crippen molar-refractivity contribution in [1.29, 1.82) is 0 Å². The number of esters is 2. The van der Waals surface area contributed by atoms with Gasteiger partial charge in [-0.15, -0.1) is 0 Å². The van der Waals surface area contributed by atoms with Crippen LogP contribution in [0.15, 0.2) is 72.9 Å². The standard InChI is InChI=1S/C47H80O5/c1-4-7-10-13-15-17-19-21-22-23-24-25-26-27-28-30-32-35-37-40-46(48)51-44-45(52-47(49)41-38-34-12-9-6-3)43-50-42-39-36-33-31-29-20-18-16-14-11-8-5-2/h7,10,14-17,21-22,24-25,27-28,45H,4-6,8-9,11-13,18-20,23,26,29-44H2,1-3H3/b10-7-,16-14-,17-15-,22-21-,25-24-,28-27-. The van der Waals surface area contributed by atoms with Gasteiger partial charge in [0.25, 0.3) is 0 Å². The van der Waals surface area contributed by atoms with Gasteiger partial charge < -0.3 is 14.2 Å². The molecule has 0 aromatic carbocycles. The highest BCUT2D eigenvalue weighted by Crippen LogP contribution is 2.11. The highest BCUT2D eigenvalue weighted by Gasteiger charge is 2.17. The summed E-state index contributed by atoms with van der Waals surface area (Å²) in [5, 5.41) is 0. The first kappa shape index (κ1) is 49.3. The zero-order valence-electron chi connectivity index (χ0n) is 34.1. The highest BCUT2D eigenvalue weighted by molar-refractivity contribution is 5.70. The fourth-order valence-electron chi connectivity index (χ4n) is 5.51. The molecule has 0 aromatic rings. The number of hydrogen-bond donors (Lipinski definition) is 0. The lowest BCUT2D eigenvalue weighted by Crippen LogP contribution is -2.30. The molecule has 298 valence electrons. The molecule has 0 aliphatic rings. The van der Waals surface area contributed by atoms with Gasteiger partial charge in [-0.2, -0.15) is 0 Å². The molecule has 0 rings (SSSR count). The third-order valence-electron chi connectivity index (χ3n) is 8.73. The number of unbranched alkanes of at least 4 members (excludes halogenated alkanes) is 15. The van der Waals surface area contributed by atoms with Crippen LogP contribution in [-0.4, -0.2) is 37.9 Å². The van der Waals surface area contributed by atoms with Gasteiger partial charge in [-0.25, -0.2) is 0 Å². The fourth-order valence-corrected chi connectivity index (χ4v) is 5.51. The van der Waals surface area contributed by atoms with Crippen molar-refractivity contribution in [2.75, 3.05) is 19.8 Å².